The highest BCUT2D eigenvalue weighted by molar-refractivity contribution is 6.35. The lowest BCUT2D eigenvalue weighted by molar-refractivity contribution is -0.138. The smallest absolute Gasteiger partial charge is 0.317 e. The summed E-state index contributed by atoms with van der Waals surface area (Å²) in [5.41, 5.74) is 0.505. The van der Waals surface area contributed by atoms with Crippen molar-refractivity contribution in [2.75, 3.05) is 38.5 Å². The van der Waals surface area contributed by atoms with Gasteiger partial charge in [0.2, 0.25) is 5.91 Å². The Morgan fingerprint density at radius 2 is 1.96 bits per heavy atom. The molecule has 1 aromatic rings. The van der Waals surface area contributed by atoms with Gasteiger partial charge in [0, 0.05) is 24.2 Å². The van der Waals surface area contributed by atoms with Gasteiger partial charge in [-0.1, -0.05) is 23.2 Å². The van der Waals surface area contributed by atoms with Gasteiger partial charge in [-0.3, -0.25) is 19.4 Å². The summed E-state index contributed by atoms with van der Waals surface area (Å²) in [5, 5.41) is 12.6. The first-order valence-electron chi connectivity index (χ1n) is 7.74. The first-order valence-corrected chi connectivity index (χ1v) is 8.50. The highest BCUT2D eigenvalue weighted by atomic mass is 35.5. The summed E-state index contributed by atoms with van der Waals surface area (Å²) in [7, 11) is 1.82. The van der Waals surface area contributed by atoms with E-state index in [4.69, 9.17) is 28.3 Å². The van der Waals surface area contributed by atoms with Crippen LogP contribution in [0.15, 0.2) is 18.2 Å². The van der Waals surface area contributed by atoms with Crippen LogP contribution in [0.3, 0.4) is 0 Å². The summed E-state index contributed by atoms with van der Waals surface area (Å²) >= 11 is 11.9. The van der Waals surface area contributed by atoms with Gasteiger partial charge < -0.3 is 10.4 Å². The molecule has 140 valence electrons. The number of carboxylic acids is 1. The molecular formula is C16H22Cl3N3O3. The third kappa shape index (κ3) is 6.99. The third-order valence-corrected chi connectivity index (χ3v) is 4.70. The number of nitrogens with one attached hydrogen (secondary N) is 1. The molecule has 1 amide bonds. The molecule has 0 aliphatic carbocycles. The molecule has 6 nitrogen and oxygen atoms in total. The topological polar surface area (TPSA) is 72.9 Å². The van der Waals surface area contributed by atoms with Crippen molar-refractivity contribution in [3.8, 4) is 0 Å². The van der Waals surface area contributed by atoms with Gasteiger partial charge in [0.05, 0.1) is 23.8 Å². The second-order valence-electron chi connectivity index (χ2n) is 5.99. The number of rotatable bonds is 6. The number of likely N-dealkylation sites (N-methyl/N-ethyl adjacent to an activating group) is 1. The van der Waals surface area contributed by atoms with Crippen LogP contribution in [0.25, 0.3) is 0 Å². The molecule has 2 N–H and O–H groups in total. The van der Waals surface area contributed by atoms with Gasteiger partial charge in [0.25, 0.3) is 0 Å². The zero-order valence-electron chi connectivity index (χ0n) is 13.9. The van der Waals surface area contributed by atoms with Crippen LogP contribution in [0.4, 0.5) is 5.69 Å². The zero-order valence-corrected chi connectivity index (χ0v) is 16.2. The number of carbonyl (C=O) groups excluding carboxylic acids is 1. The van der Waals surface area contributed by atoms with Crippen molar-refractivity contribution in [2.45, 2.75) is 18.9 Å². The van der Waals surface area contributed by atoms with Gasteiger partial charge in [-0.05, 0) is 38.1 Å². The van der Waals surface area contributed by atoms with E-state index in [0.29, 0.717) is 15.7 Å². The van der Waals surface area contributed by atoms with Gasteiger partial charge in [0.1, 0.15) is 0 Å². The highest BCUT2D eigenvalue weighted by Gasteiger charge is 2.24. The minimum absolute atomic E-state index is 0. The van der Waals surface area contributed by atoms with Crippen molar-refractivity contribution in [3.63, 3.8) is 0 Å². The fourth-order valence-corrected chi connectivity index (χ4v) is 3.18. The van der Waals surface area contributed by atoms with Crippen molar-refractivity contribution < 1.29 is 14.7 Å². The van der Waals surface area contributed by atoms with Crippen molar-refractivity contribution in [1.82, 2.24) is 9.80 Å². The van der Waals surface area contributed by atoms with E-state index in [1.807, 2.05) is 11.9 Å². The van der Waals surface area contributed by atoms with Crippen molar-refractivity contribution in [3.05, 3.63) is 28.2 Å². The fraction of sp³-hybridized carbons (Fsp3) is 0.500. The molecule has 2 rings (SSSR count). The maximum absolute atomic E-state index is 12.2. The molecule has 1 aromatic carbocycles. The van der Waals surface area contributed by atoms with Crippen molar-refractivity contribution in [2.24, 2.45) is 0 Å². The Kier molecular flexibility index (Phi) is 8.96. The number of hydrogen-bond acceptors (Lipinski definition) is 4. The Balaban J connectivity index is 0.00000312. The first kappa shape index (κ1) is 22.0. The third-order valence-electron chi connectivity index (χ3n) is 4.13. The lowest BCUT2D eigenvalue weighted by Crippen LogP contribution is -2.46. The summed E-state index contributed by atoms with van der Waals surface area (Å²) in [5.74, 6) is -0.964. The quantitative estimate of drug-likeness (QED) is 0.754. The molecule has 1 heterocycles. The van der Waals surface area contributed by atoms with E-state index in [1.54, 1.807) is 18.2 Å². The molecule has 9 heteroatoms. The Morgan fingerprint density at radius 1 is 1.32 bits per heavy atom. The van der Waals surface area contributed by atoms with Crippen LogP contribution >= 0.6 is 35.6 Å². The Morgan fingerprint density at radius 3 is 2.56 bits per heavy atom. The summed E-state index contributed by atoms with van der Waals surface area (Å²) in [4.78, 5) is 26.8. The number of hydrogen-bond donors (Lipinski definition) is 2. The van der Waals surface area contributed by atoms with Crippen LogP contribution < -0.4 is 5.32 Å². The SMILES string of the molecule is CN(CC(=O)O)C1CCN(CC(=O)Nc2cc(Cl)ccc2Cl)CC1.Cl. The molecule has 0 spiro atoms. The molecule has 25 heavy (non-hydrogen) atoms. The lowest BCUT2D eigenvalue weighted by atomic mass is 10.0. The van der Waals surface area contributed by atoms with Crippen LogP contribution in [0.5, 0.6) is 0 Å². The molecule has 0 aromatic heterocycles. The van der Waals surface area contributed by atoms with E-state index >= 15 is 0 Å². The minimum atomic E-state index is -0.822. The van der Waals surface area contributed by atoms with Gasteiger partial charge in [0.15, 0.2) is 0 Å². The standard InChI is InChI=1S/C16H21Cl2N3O3.ClH/c1-20(10-16(23)24)12-4-6-21(7-5-12)9-15(22)19-14-8-11(17)2-3-13(14)18;/h2-3,8,12H,4-7,9-10H2,1H3,(H,19,22)(H,23,24);1H. The van der Waals surface area contributed by atoms with Crippen molar-refractivity contribution in [1.29, 1.82) is 0 Å². The normalized spacial score (nSPS) is 15.7. The molecule has 0 unspecified atom stereocenters. The van der Waals surface area contributed by atoms with E-state index in [2.05, 4.69) is 10.2 Å². The zero-order chi connectivity index (χ0) is 17.7. The van der Waals surface area contributed by atoms with E-state index in [-0.39, 0.29) is 37.4 Å². The number of likely N-dealkylation sites (tertiary alicyclic amines) is 1. The first-order chi connectivity index (χ1) is 11.3. The number of anilines is 1. The summed E-state index contributed by atoms with van der Waals surface area (Å²) in [6.45, 7) is 1.83. The van der Waals surface area contributed by atoms with Gasteiger partial charge in [-0.2, -0.15) is 0 Å². The maximum atomic E-state index is 12.2. The summed E-state index contributed by atoms with van der Waals surface area (Å²) < 4.78 is 0. The Hall–Kier alpha value is -1.05. The molecule has 0 radical (unpaired) electrons. The van der Waals surface area contributed by atoms with E-state index < -0.39 is 5.97 Å². The number of aliphatic carboxylic acids is 1. The molecule has 1 fully saturated rings. The predicted octanol–water partition coefficient (Wildman–Crippen LogP) is 2.83. The lowest BCUT2D eigenvalue weighted by Gasteiger charge is -2.35. The molecule has 0 bridgehead atoms. The molecular weight excluding hydrogens is 389 g/mol. The number of carbonyl (C=O) groups is 2. The number of amides is 1. The number of benzene rings is 1. The number of piperidine rings is 1. The molecule has 1 aliphatic heterocycles. The Labute approximate surface area is 163 Å². The second-order valence-corrected chi connectivity index (χ2v) is 6.83. The van der Waals surface area contributed by atoms with Crippen LogP contribution in [0.1, 0.15) is 12.8 Å². The largest absolute Gasteiger partial charge is 0.480 e. The van der Waals surface area contributed by atoms with E-state index in [0.717, 1.165) is 25.9 Å². The number of carboxylic acid groups (broad SMARTS) is 1. The predicted molar refractivity (Wildman–Crippen MR) is 102 cm³/mol. The van der Waals surface area contributed by atoms with Gasteiger partial charge in [-0.15, -0.1) is 12.4 Å². The second kappa shape index (κ2) is 10.2. The summed E-state index contributed by atoms with van der Waals surface area (Å²) in [6, 6.07) is 5.17. The molecule has 1 aliphatic rings. The Bertz CT molecular complexity index is 608. The maximum Gasteiger partial charge on any atom is 0.317 e. The molecule has 0 saturated carbocycles. The van der Waals surface area contributed by atoms with Crippen LogP contribution in [0, 0.1) is 0 Å². The average Bonchev–Trinajstić information content (AvgIpc) is 2.51. The van der Waals surface area contributed by atoms with E-state index in [1.165, 1.54) is 0 Å². The van der Waals surface area contributed by atoms with Crippen LogP contribution in [-0.4, -0.2) is 66.1 Å². The molecule has 0 atom stereocenters. The fourth-order valence-electron chi connectivity index (χ4n) is 2.85. The van der Waals surface area contributed by atoms with Crippen LogP contribution in [-0.2, 0) is 9.59 Å². The van der Waals surface area contributed by atoms with E-state index in [9.17, 15) is 9.59 Å². The number of nitrogens with zero attached hydrogens (tertiary/aromatic N) is 2. The minimum Gasteiger partial charge on any atom is -0.480 e. The molecule has 1 saturated heterocycles. The average molecular weight is 411 g/mol. The van der Waals surface area contributed by atoms with Crippen LogP contribution in [0.2, 0.25) is 10.0 Å². The summed E-state index contributed by atoms with van der Waals surface area (Å²) in [6.07, 6.45) is 1.68. The van der Waals surface area contributed by atoms with Crippen molar-refractivity contribution >= 4 is 53.2 Å². The monoisotopic (exact) mass is 409 g/mol. The number of halogens is 3. The van der Waals surface area contributed by atoms with Gasteiger partial charge in [-0.25, -0.2) is 0 Å². The highest BCUT2D eigenvalue weighted by Crippen LogP contribution is 2.25. The van der Waals surface area contributed by atoms with Gasteiger partial charge >= 0.3 is 5.97 Å².